The van der Waals surface area contributed by atoms with Gasteiger partial charge in [-0.15, -0.1) is 0 Å². The van der Waals surface area contributed by atoms with E-state index in [1.807, 2.05) is 0 Å². The molecular weight excluding hydrogens is 182 g/mol. The third-order valence-electron chi connectivity index (χ3n) is 1.05. The summed E-state index contributed by atoms with van der Waals surface area (Å²) in [7, 11) is 1.33. The molecule has 0 radical (unpaired) electrons. The molecule has 0 unspecified atom stereocenters. The Morgan fingerprint density at radius 1 is 1.58 bits per heavy atom. The van der Waals surface area contributed by atoms with Crippen LogP contribution in [-0.4, -0.2) is 23.0 Å². The number of carbonyl (C=O) groups is 1. The zero-order valence-electron chi connectivity index (χ0n) is 6.24. The molecule has 0 saturated carbocycles. The van der Waals surface area contributed by atoms with Crippen molar-refractivity contribution in [3.8, 4) is 0 Å². The Morgan fingerprint density at radius 3 is 2.83 bits per heavy atom. The standard InChI is InChI=1S/C6H6ClN3O2/c1-12-10-6(11)4-2-9-5(7)3-8-4/h2-3H,1H3,(H,10,11). The van der Waals surface area contributed by atoms with E-state index in [1.54, 1.807) is 0 Å². The summed E-state index contributed by atoms with van der Waals surface area (Å²) >= 11 is 5.46. The lowest BCUT2D eigenvalue weighted by atomic mass is 10.4. The molecule has 12 heavy (non-hydrogen) atoms. The van der Waals surface area contributed by atoms with Gasteiger partial charge in [0.15, 0.2) is 0 Å². The minimum atomic E-state index is -0.457. The molecule has 1 N–H and O–H groups in total. The average molecular weight is 188 g/mol. The molecule has 0 aliphatic carbocycles. The molecule has 0 fully saturated rings. The van der Waals surface area contributed by atoms with Crippen LogP contribution in [0, 0.1) is 0 Å². The molecule has 1 rings (SSSR count). The van der Waals surface area contributed by atoms with Crippen LogP contribution in [0.3, 0.4) is 0 Å². The van der Waals surface area contributed by atoms with E-state index in [0.717, 1.165) is 0 Å². The molecule has 0 aliphatic heterocycles. The molecule has 1 heterocycles. The predicted molar refractivity (Wildman–Crippen MR) is 41.5 cm³/mol. The van der Waals surface area contributed by atoms with Crippen molar-refractivity contribution < 1.29 is 9.63 Å². The van der Waals surface area contributed by atoms with E-state index in [9.17, 15) is 4.79 Å². The van der Waals surface area contributed by atoms with Crippen LogP contribution in [0.1, 0.15) is 10.5 Å². The first-order valence-electron chi connectivity index (χ1n) is 3.05. The van der Waals surface area contributed by atoms with E-state index in [0.29, 0.717) is 0 Å². The minimum Gasteiger partial charge on any atom is -0.277 e. The Bertz CT molecular complexity index is 275. The summed E-state index contributed by atoms with van der Waals surface area (Å²) in [5.74, 6) is -0.457. The van der Waals surface area contributed by atoms with Gasteiger partial charge in [-0.05, 0) is 0 Å². The number of hydrogen-bond acceptors (Lipinski definition) is 4. The van der Waals surface area contributed by atoms with Crippen molar-refractivity contribution >= 4 is 17.5 Å². The largest absolute Gasteiger partial charge is 0.295 e. The Kier molecular flexibility index (Phi) is 2.95. The Morgan fingerprint density at radius 2 is 2.33 bits per heavy atom. The molecule has 0 bridgehead atoms. The number of rotatable bonds is 2. The molecule has 0 aliphatic rings. The van der Waals surface area contributed by atoms with E-state index < -0.39 is 5.91 Å². The third-order valence-corrected chi connectivity index (χ3v) is 1.24. The molecule has 0 saturated heterocycles. The van der Waals surface area contributed by atoms with Gasteiger partial charge in [-0.25, -0.2) is 15.4 Å². The van der Waals surface area contributed by atoms with Crippen molar-refractivity contribution in [3.63, 3.8) is 0 Å². The quantitative estimate of drug-likeness (QED) is 0.682. The van der Waals surface area contributed by atoms with Gasteiger partial charge in [-0.2, -0.15) is 0 Å². The first-order chi connectivity index (χ1) is 5.74. The van der Waals surface area contributed by atoms with Gasteiger partial charge in [0, 0.05) is 0 Å². The Balaban J connectivity index is 2.75. The zero-order chi connectivity index (χ0) is 8.97. The number of amides is 1. The van der Waals surface area contributed by atoms with Crippen molar-refractivity contribution in [1.82, 2.24) is 15.4 Å². The molecule has 0 atom stereocenters. The van der Waals surface area contributed by atoms with Crippen LogP contribution < -0.4 is 5.48 Å². The number of hydrogen-bond donors (Lipinski definition) is 1. The summed E-state index contributed by atoms with van der Waals surface area (Å²) in [6, 6.07) is 0. The van der Waals surface area contributed by atoms with Crippen LogP contribution in [0.25, 0.3) is 0 Å². The summed E-state index contributed by atoms with van der Waals surface area (Å²) in [6.07, 6.45) is 2.54. The van der Waals surface area contributed by atoms with Crippen molar-refractivity contribution in [2.45, 2.75) is 0 Å². The number of halogens is 1. The molecular formula is C6H6ClN3O2. The second kappa shape index (κ2) is 3.99. The fourth-order valence-electron chi connectivity index (χ4n) is 0.575. The maximum Gasteiger partial charge on any atom is 0.295 e. The maximum absolute atomic E-state index is 11.0. The lowest BCUT2D eigenvalue weighted by molar-refractivity contribution is 0.0532. The van der Waals surface area contributed by atoms with Crippen LogP contribution in [-0.2, 0) is 4.84 Å². The van der Waals surface area contributed by atoms with Gasteiger partial charge in [0.05, 0.1) is 19.5 Å². The lowest BCUT2D eigenvalue weighted by Gasteiger charge is -1.99. The highest BCUT2D eigenvalue weighted by molar-refractivity contribution is 6.29. The minimum absolute atomic E-state index is 0.154. The number of hydroxylamine groups is 1. The number of nitrogens with zero attached hydrogens (tertiary/aromatic N) is 2. The second-order valence-corrected chi connectivity index (χ2v) is 2.25. The van der Waals surface area contributed by atoms with Crippen LogP contribution in [0.15, 0.2) is 12.4 Å². The molecule has 1 aromatic heterocycles. The highest BCUT2D eigenvalue weighted by Gasteiger charge is 2.05. The Hall–Kier alpha value is -1.20. The SMILES string of the molecule is CONC(=O)c1cnc(Cl)cn1. The monoisotopic (exact) mass is 187 g/mol. The average Bonchev–Trinajstić information content (AvgIpc) is 2.06. The summed E-state index contributed by atoms with van der Waals surface area (Å²) in [4.78, 5) is 22.7. The fraction of sp³-hybridized carbons (Fsp3) is 0.167. The van der Waals surface area contributed by atoms with Gasteiger partial charge in [-0.1, -0.05) is 11.6 Å². The van der Waals surface area contributed by atoms with Crippen molar-refractivity contribution in [3.05, 3.63) is 23.2 Å². The van der Waals surface area contributed by atoms with Crippen molar-refractivity contribution in [2.24, 2.45) is 0 Å². The van der Waals surface area contributed by atoms with Gasteiger partial charge in [0.1, 0.15) is 10.8 Å². The molecule has 64 valence electrons. The molecule has 0 spiro atoms. The maximum atomic E-state index is 11.0. The highest BCUT2D eigenvalue weighted by atomic mass is 35.5. The van der Waals surface area contributed by atoms with E-state index in [4.69, 9.17) is 11.6 Å². The summed E-state index contributed by atoms with van der Waals surface area (Å²) in [6.45, 7) is 0. The number of aromatic nitrogens is 2. The van der Waals surface area contributed by atoms with Crippen LogP contribution in [0.4, 0.5) is 0 Å². The van der Waals surface area contributed by atoms with Gasteiger partial charge in [0.25, 0.3) is 5.91 Å². The molecule has 0 aromatic carbocycles. The van der Waals surface area contributed by atoms with E-state index in [1.165, 1.54) is 19.5 Å². The summed E-state index contributed by atoms with van der Waals surface area (Å²) in [5, 5.41) is 0.240. The van der Waals surface area contributed by atoms with Crippen LogP contribution in [0.5, 0.6) is 0 Å². The van der Waals surface area contributed by atoms with E-state index >= 15 is 0 Å². The molecule has 5 nitrogen and oxygen atoms in total. The molecule has 6 heteroatoms. The van der Waals surface area contributed by atoms with Gasteiger partial charge >= 0.3 is 0 Å². The number of nitrogens with one attached hydrogen (secondary N) is 1. The topological polar surface area (TPSA) is 64.1 Å². The lowest BCUT2D eigenvalue weighted by Crippen LogP contribution is -2.22. The Labute approximate surface area is 73.7 Å². The third kappa shape index (κ3) is 2.14. The van der Waals surface area contributed by atoms with Crippen LogP contribution in [0.2, 0.25) is 5.15 Å². The normalized spacial score (nSPS) is 9.50. The fourth-order valence-corrected chi connectivity index (χ4v) is 0.672. The molecule has 1 aromatic rings. The van der Waals surface area contributed by atoms with Gasteiger partial charge in [-0.3, -0.25) is 9.63 Å². The van der Waals surface area contributed by atoms with Crippen molar-refractivity contribution in [2.75, 3.05) is 7.11 Å². The predicted octanol–water partition coefficient (Wildman–Crippen LogP) is 0.421. The summed E-state index contributed by atoms with van der Waals surface area (Å²) in [5.41, 5.74) is 2.25. The second-order valence-electron chi connectivity index (χ2n) is 1.86. The van der Waals surface area contributed by atoms with E-state index in [-0.39, 0.29) is 10.8 Å². The van der Waals surface area contributed by atoms with Crippen LogP contribution >= 0.6 is 11.6 Å². The van der Waals surface area contributed by atoms with Gasteiger partial charge in [0.2, 0.25) is 0 Å². The summed E-state index contributed by atoms with van der Waals surface area (Å²) < 4.78 is 0. The first kappa shape index (κ1) is 8.89. The first-order valence-corrected chi connectivity index (χ1v) is 3.42. The molecule has 1 amide bonds. The van der Waals surface area contributed by atoms with E-state index in [2.05, 4.69) is 20.3 Å². The van der Waals surface area contributed by atoms with Gasteiger partial charge < -0.3 is 0 Å². The highest BCUT2D eigenvalue weighted by Crippen LogP contribution is 2.00. The zero-order valence-corrected chi connectivity index (χ0v) is 7.00. The van der Waals surface area contributed by atoms with Crippen molar-refractivity contribution in [1.29, 1.82) is 0 Å². The number of carbonyl (C=O) groups excluding carboxylic acids is 1. The smallest absolute Gasteiger partial charge is 0.277 e.